The molecule has 7 fully saturated rings. The molecule has 7 aliphatic rings. The molecule has 5 saturated carbocycles. The molecule has 2 heterocycles. The molecule has 9 N–H and O–H groups in total. The van der Waals surface area contributed by atoms with Crippen LogP contribution >= 0.6 is 0 Å². The van der Waals surface area contributed by atoms with Crippen LogP contribution in [0.1, 0.15) is 106 Å². The fourth-order valence-corrected chi connectivity index (χ4v) is 14.6. The molecule has 2 aliphatic heterocycles. The van der Waals surface area contributed by atoms with Crippen molar-refractivity contribution in [2.75, 3.05) is 26.3 Å². The molecule has 2 saturated heterocycles. The first-order valence-electron chi connectivity index (χ1n) is 21.6. The third kappa shape index (κ3) is 6.31. The Morgan fingerprint density at radius 2 is 1.57 bits per heavy atom. The van der Waals surface area contributed by atoms with Crippen LogP contribution in [0.5, 0.6) is 0 Å². The second-order valence-corrected chi connectivity index (χ2v) is 20.3. The zero-order valence-corrected chi connectivity index (χ0v) is 34.6. The minimum atomic E-state index is -1.62. The molecule has 7 rings (SSSR count). The Bertz CT molecular complexity index is 1470. The quantitative estimate of drug-likeness (QED) is 0.125. The zero-order valence-electron chi connectivity index (χ0n) is 34.6. The summed E-state index contributed by atoms with van der Waals surface area (Å²) in [4.78, 5) is 14.1. The number of carbonyl (C=O) groups excluding carboxylic acids is 1. The van der Waals surface area contributed by atoms with Gasteiger partial charge in [0.15, 0.2) is 12.6 Å². The zero-order chi connectivity index (χ0) is 40.7. The lowest BCUT2D eigenvalue weighted by atomic mass is 9.32. The van der Waals surface area contributed by atoms with E-state index in [9.17, 15) is 35.4 Å². The average molecular weight is 793 g/mol. The number of carbonyl (C=O) groups is 1. The molecular weight excluding hydrogens is 720 g/mol. The van der Waals surface area contributed by atoms with Crippen LogP contribution in [-0.4, -0.2) is 124 Å². The topological polar surface area (TPSA) is 213 Å². The maximum atomic E-state index is 14.1. The molecule has 1 amide bonds. The van der Waals surface area contributed by atoms with E-state index in [0.717, 1.165) is 57.8 Å². The van der Waals surface area contributed by atoms with E-state index in [-0.39, 0.29) is 52.6 Å². The molecule has 0 radical (unpaired) electrons. The van der Waals surface area contributed by atoms with E-state index in [2.05, 4.69) is 46.5 Å². The van der Waals surface area contributed by atoms with Crippen molar-refractivity contribution in [2.24, 2.45) is 62.4 Å². The number of rotatable bonds is 9. The Kier molecular flexibility index (Phi) is 11.8. The highest BCUT2D eigenvalue weighted by Gasteiger charge is 2.72. The lowest BCUT2D eigenvalue weighted by Crippen LogP contribution is -2.68. The number of allylic oxidation sites excluding steroid dienone is 1. The van der Waals surface area contributed by atoms with E-state index >= 15 is 0 Å². The lowest BCUT2D eigenvalue weighted by molar-refractivity contribution is -0.366. The van der Waals surface area contributed by atoms with Crippen molar-refractivity contribution in [1.29, 1.82) is 0 Å². The highest BCUT2D eigenvalue weighted by atomic mass is 16.8. The largest absolute Gasteiger partial charge is 0.396 e. The Labute approximate surface area is 333 Å². The highest BCUT2D eigenvalue weighted by Crippen LogP contribution is 2.77. The maximum absolute atomic E-state index is 14.1. The molecule has 56 heavy (non-hydrogen) atoms. The maximum Gasteiger partial charge on any atom is 0.226 e. The summed E-state index contributed by atoms with van der Waals surface area (Å²) in [5, 5.41) is 67.7. The van der Waals surface area contributed by atoms with Gasteiger partial charge in [-0.25, -0.2) is 0 Å². The van der Waals surface area contributed by atoms with E-state index in [1.54, 1.807) is 6.92 Å². The van der Waals surface area contributed by atoms with Crippen LogP contribution in [-0.2, 0) is 23.7 Å². The molecule has 0 aromatic heterocycles. The standard InChI is InChI=1S/C43H72N2O11/c1-22(2)24-10-15-43(38(52)45-19-18-44)17-16-41(6)25(30(24)43)8-9-28-39(4)13-12-29(40(5,21-46)27(39)11-14-42(28,41)7)55-37-35(32(49)26(47)20-53-37)56-36-34(51)33(50)31(48)23(3)54-36/h23-37,46-51H,1,8-21,44H2,2-7H3,(H,45,52)/t23-,24-,25?,26-,27+,28+,29-,30+,31-,32-,33+,34+,35+,36-,37-,39-,40?,41+,42+,43-/m0/s1. The van der Waals surface area contributed by atoms with Crippen molar-refractivity contribution in [3.05, 3.63) is 12.2 Å². The van der Waals surface area contributed by atoms with E-state index in [1.807, 2.05) is 0 Å². The van der Waals surface area contributed by atoms with Gasteiger partial charge in [0.2, 0.25) is 5.91 Å². The Balaban J connectivity index is 1.13. The molecule has 0 aromatic rings. The van der Waals surface area contributed by atoms with Crippen molar-refractivity contribution < 1.29 is 54.4 Å². The van der Waals surface area contributed by atoms with Crippen LogP contribution in [0.3, 0.4) is 0 Å². The summed E-state index contributed by atoms with van der Waals surface area (Å²) in [5.74, 6) is 1.68. The molecule has 0 bridgehead atoms. The van der Waals surface area contributed by atoms with Crippen LogP contribution in [0.25, 0.3) is 0 Å². The molecule has 0 spiro atoms. The third-order valence-electron chi connectivity index (χ3n) is 17.9. The van der Waals surface area contributed by atoms with Crippen molar-refractivity contribution >= 4 is 5.91 Å². The van der Waals surface area contributed by atoms with Gasteiger partial charge >= 0.3 is 0 Å². The number of hydrogen-bond donors (Lipinski definition) is 8. The van der Waals surface area contributed by atoms with E-state index in [4.69, 9.17) is 24.7 Å². The smallest absolute Gasteiger partial charge is 0.226 e. The number of fused-ring (bicyclic) bond motifs is 7. The summed E-state index contributed by atoms with van der Waals surface area (Å²) in [6.07, 6.45) is -3.11. The summed E-state index contributed by atoms with van der Waals surface area (Å²) in [7, 11) is 0. The second kappa shape index (κ2) is 15.3. The number of nitrogens with one attached hydrogen (secondary N) is 1. The van der Waals surface area contributed by atoms with E-state index in [0.29, 0.717) is 37.3 Å². The lowest BCUT2D eigenvalue weighted by Gasteiger charge is -2.73. The molecule has 2 unspecified atom stereocenters. The van der Waals surface area contributed by atoms with Gasteiger partial charge in [0, 0.05) is 18.5 Å². The fraction of sp³-hybridized carbons (Fsp3) is 0.930. The average Bonchev–Trinajstić information content (AvgIpc) is 3.57. The van der Waals surface area contributed by atoms with Crippen LogP contribution in [0.15, 0.2) is 12.2 Å². The minimum Gasteiger partial charge on any atom is -0.396 e. The summed E-state index contributed by atoms with van der Waals surface area (Å²) in [6.45, 7) is 18.4. The Morgan fingerprint density at radius 1 is 0.839 bits per heavy atom. The number of hydrogen-bond acceptors (Lipinski definition) is 12. The highest BCUT2D eigenvalue weighted by molar-refractivity contribution is 5.84. The minimum absolute atomic E-state index is 0.0229. The molecule has 0 aromatic carbocycles. The molecule has 320 valence electrons. The van der Waals surface area contributed by atoms with Crippen molar-refractivity contribution in [2.45, 2.75) is 167 Å². The third-order valence-corrected chi connectivity index (χ3v) is 17.9. The summed E-state index contributed by atoms with van der Waals surface area (Å²) >= 11 is 0. The predicted molar refractivity (Wildman–Crippen MR) is 206 cm³/mol. The van der Waals surface area contributed by atoms with Gasteiger partial charge in [0.05, 0.1) is 30.8 Å². The summed E-state index contributed by atoms with van der Waals surface area (Å²) < 4.78 is 24.4. The van der Waals surface area contributed by atoms with Gasteiger partial charge in [0.25, 0.3) is 0 Å². The van der Waals surface area contributed by atoms with Gasteiger partial charge in [-0.05, 0) is 124 Å². The number of aliphatic hydroxyl groups excluding tert-OH is 6. The number of ether oxygens (including phenoxy) is 4. The van der Waals surface area contributed by atoms with Gasteiger partial charge < -0.3 is 60.6 Å². The summed E-state index contributed by atoms with van der Waals surface area (Å²) in [6, 6.07) is 0. The predicted octanol–water partition coefficient (Wildman–Crippen LogP) is 2.37. The fourth-order valence-electron chi connectivity index (χ4n) is 14.6. The Hall–Kier alpha value is -1.23. The number of amides is 1. The van der Waals surface area contributed by atoms with E-state index < -0.39 is 66.8 Å². The van der Waals surface area contributed by atoms with Crippen molar-refractivity contribution in [3.63, 3.8) is 0 Å². The van der Waals surface area contributed by atoms with Crippen molar-refractivity contribution in [1.82, 2.24) is 5.32 Å². The van der Waals surface area contributed by atoms with E-state index in [1.165, 1.54) is 5.57 Å². The van der Waals surface area contributed by atoms with Gasteiger partial charge in [-0.15, -0.1) is 0 Å². The number of aliphatic hydroxyl groups is 6. The van der Waals surface area contributed by atoms with Crippen LogP contribution in [0, 0.1) is 56.7 Å². The SMILES string of the molecule is C=C(C)[C@@H]1CC[C@]2(C(=O)NCCN)CC[C@]3(C)C(CC[C@@H]4[C@@]5(C)CC[C@H](O[C@@H]6OC[C@H](O)[C@H](O)[C@H]6O[C@@H]6O[C@@H](C)[C@H](O)[C@@H](O)[C@H]6O)C(C)(CO)[C@@H]5CC[C@]43C)[C@@H]12. The first-order valence-corrected chi connectivity index (χ1v) is 21.6. The first-order chi connectivity index (χ1) is 26.3. The van der Waals surface area contributed by atoms with Gasteiger partial charge in [0.1, 0.15) is 36.6 Å². The van der Waals surface area contributed by atoms with Gasteiger partial charge in [-0.3, -0.25) is 4.79 Å². The van der Waals surface area contributed by atoms with Crippen LogP contribution in [0.2, 0.25) is 0 Å². The number of nitrogens with two attached hydrogens (primary N) is 1. The molecule has 13 nitrogen and oxygen atoms in total. The molecule has 13 heteroatoms. The van der Waals surface area contributed by atoms with Crippen LogP contribution < -0.4 is 11.1 Å². The second-order valence-electron chi connectivity index (χ2n) is 20.3. The van der Waals surface area contributed by atoms with Gasteiger partial charge in [-0.2, -0.15) is 0 Å². The monoisotopic (exact) mass is 793 g/mol. The summed E-state index contributed by atoms with van der Waals surface area (Å²) in [5.41, 5.74) is 5.93. The Morgan fingerprint density at radius 3 is 2.25 bits per heavy atom. The van der Waals surface area contributed by atoms with Crippen molar-refractivity contribution in [3.8, 4) is 0 Å². The molecule has 20 atom stereocenters. The normalized spacial score (nSPS) is 54.3. The van der Waals surface area contributed by atoms with Gasteiger partial charge in [-0.1, -0.05) is 39.8 Å². The molecular formula is C43H72N2O11. The van der Waals surface area contributed by atoms with Crippen LogP contribution in [0.4, 0.5) is 0 Å². The first kappa shape index (κ1) is 42.9. The molecule has 5 aliphatic carbocycles.